The zero-order valence-electron chi connectivity index (χ0n) is 9.37. The van der Waals surface area contributed by atoms with Crippen LogP contribution in [0.5, 0.6) is 0 Å². The van der Waals surface area contributed by atoms with Gasteiger partial charge in [0.05, 0.1) is 18.2 Å². The average molecular weight is 247 g/mol. The van der Waals surface area contributed by atoms with Crippen LogP contribution in [0.15, 0.2) is 18.7 Å². The van der Waals surface area contributed by atoms with E-state index in [9.17, 15) is 8.42 Å². The maximum Gasteiger partial charge on any atom is 0.216 e. The van der Waals surface area contributed by atoms with Crippen molar-refractivity contribution in [2.24, 2.45) is 0 Å². The fourth-order valence-corrected chi connectivity index (χ4v) is 2.31. The van der Waals surface area contributed by atoms with Crippen LogP contribution in [0.3, 0.4) is 0 Å². The summed E-state index contributed by atoms with van der Waals surface area (Å²) in [5.41, 5.74) is 0. The molecule has 2 N–H and O–H groups in total. The number of imidazole rings is 1. The third-order valence-corrected chi connectivity index (χ3v) is 4.14. The second-order valence-electron chi connectivity index (χ2n) is 3.82. The predicted molar refractivity (Wildman–Crippen MR) is 60.3 cm³/mol. The molecule has 1 rings (SSSR count). The van der Waals surface area contributed by atoms with Gasteiger partial charge in [0.25, 0.3) is 0 Å². The summed E-state index contributed by atoms with van der Waals surface area (Å²) >= 11 is 0. The fourth-order valence-electron chi connectivity index (χ4n) is 1.24. The second kappa shape index (κ2) is 5.42. The normalized spacial score (nSPS) is 15.9. The SMILES string of the molecule is CC(Cn1ccnc1)NS(=O)(=O)C(C)CO. The molecule has 0 aromatic carbocycles. The third kappa shape index (κ3) is 3.58. The van der Waals surface area contributed by atoms with Crippen molar-refractivity contribution >= 4 is 10.0 Å². The number of nitrogens with one attached hydrogen (secondary N) is 1. The van der Waals surface area contributed by atoms with Gasteiger partial charge in [-0.1, -0.05) is 0 Å². The van der Waals surface area contributed by atoms with Gasteiger partial charge >= 0.3 is 0 Å². The molecule has 7 heteroatoms. The molecular formula is C9H17N3O3S. The molecule has 0 radical (unpaired) electrons. The lowest BCUT2D eigenvalue weighted by atomic mass is 10.4. The smallest absolute Gasteiger partial charge is 0.216 e. The van der Waals surface area contributed by atoms with Crippen LogP contribution in [0.25, 0.3) is 0 Å². The van der Waals surface area contributed by atoms with Gasteiger partial charge in [0.2, 0.25) is 10.0 Å². The van der Waals surface area contributed by atoms with Crippen molar-refractivity contribution < 1.29 is 13.5 Å². The van der Waals surface area contributed by atoms with Crippen LogP contribution in [0.1, 0.15) is 13.8 Å². The summed E-state index contributed by atoms with van der Waals surface area (Å²) in [7, 11) is -3.45. The van der Waals surface area contributed by atoms with Gasteiger partial charge in [-0.05, 0) is 13.8 Å². The maximum absolute atomic E-state index is 11.6. The van der Waals surface area contributed by atoms with Crippen LogP contribution >= 0.6 is 0 Å². The minimum atomic E-state index is -3.45. The summed E-state index contributed by atoms with van der Waals surface area (Å²) in [5.74, 6) is 0. The minimum Gasteiger partial charge on any atom is -0.395 e. The molecule has 0 spiro atoms. The highest BCUT2D eigenvalue weighted by atomic mass is 32.2. The Kier molecular flexibility index (Phi) is 4.45. The first kappa shape index (κ1) is 13.1. The molecule has 92 valence electrons. The summed E-state index contributed by atoms with van der Waals surface area (Å²) in [6.45, 7) is 3.36. The van der Waals surface area contributed by atoms with Gasteiger partial charge in [-0.15, -0.1) is 0 Å². The molecule has 0 aliphatic carbocycles. The molecule has 0 bridgehead atoms. The Balaban J connectivity index is 2.54. The maximum atomic E-state index is 11.6. The Morgan fingerprint density at radius 3 is 2.69 bits per heavy atom. The Morgan fingerprint density at radius 1 is 1.50 bits per heavy atom. The van der Waals surface area contributed by atoms with E-state index in [0.29, 0.717) is 6.54 Å². The summed E-state index contributed by atoms with van der Waals surface area (Å²) in [6, 6.07) is -0.242. The topological polar surface area (TPSA) is 84.2 Å². The van der Waals surface area contributed by atoms with Crippen molar-refractivity contribution in [3.63, 3.8) is 0 Å². The van der Waals surface area contributed by atoms with Crippen molar-refractivity contribution in [1.29, 1.82) is 0 Å². The number of hydrogen-bond donors (Lipinski definition) is 2. The summed E-state index contributed by atoms with van der Waals surface area (Å²) < 4.78 is 27.5. The van der Waals surface area contributed by atoms with Crippen LogP contribution in [0.4, 0.5) is 0 Å². The van der Waals surface area contributed by atoms with Crippen LogP contribution in [0, 0.1) is 0 Å². The van der Waals surface area contributed by atoms with E-state index in [1.54, 1.807) is 30.2 Å². The second-order valence-corrected chi connectivity index (χ2v) is 5.95. The molecular weight excluding hydrogens is 230 g/mol. The molecule has 1 aromatic rings. The molecule has 0 saturated carbocycles. The molecule has 1 heterocycles. The van der Waals surface area contributed by atoms with Crippen molar-refractivity contribution in [2.75, 3.05) is 6.61 Å². The van der Waals surface area contributed by atoms with Crippen LogP contribution < -0.4 is 4.72 Å². The molecule has 0 amide bonds. The molecule has 2 unspecified atom stereocenters. The number of aromatic nitrogens is 2. The van der Waals surface area contributed by atoms with Crippen molar-refractivity contribution in [3.8, 4) is 0 Å². The third-order valence-electron chi connectivity index (χ3n) is 2.20. The van der Waals surface area contributed by atoms with Crippen molar-refractivity contribution in [3.05, 3.63) is 18.7 Å². The molecule has 0 aliphatic rings. The first-order valence-corrected chi connectivity index (χ1v) is 6.58. The Morgan fingerprint density at radius 2 is 2.19 bits per heavy atom. The fraction of sp³-hybridized carbons (Fsp3) is 0.667. The average Bonchev–Trinajstić information content (AvgIpc) is 2.67. The van der Waals surface area contributed by atoms with E-state index < -0.39 is 15.3 Å². The van der Waals surface area contributed by atoms with Gasteiger partial charge in [0.1, 0.15) is 0 Å². The molecule has 0 aliphatic heterocycles. The summed E-state index contributed by atoms with van der Waals surface area (Å²) in [5, 5.41) is 8.01. The van der Waals surface area contributed by atoms with E-state index in [1.165, 1.54) is 6.92 Å². The van der Waals surface area contributed by atoms with E-state index in [4.69, 9.17) is 5.11 Å². The highest BCUT2D eigenvalue weighted by Gasteiger charge is 2.21. The summed E-state index contributed by atoms with van der Waals surface area (Å²) in [4.78, 5) is 3.87. The van der Waals surface area contributed by atoms with Gasteiger partial charge in [-0.25, -0.2) is 18.1 Å². The highest BCUT2D eigenvalue weighted by Crippen LogP contribution is 2.00. The van der Waals surface area contributed by atoms with E-state index in [2.05, 4.69) is 9.71 Å². The lowest BCUT2D eigenvalue weighted by Crippen LogP contribution is -2.41. The molecule has 6 nitrogen and oxygen atoms in total. The largest absolute Gasteiger partial charge is 0.395 e. The molecule has 1 aromatic heterocycles. The van der Waals surface area contributed by atoms with Crippen LogP contribution in [0.2, 0.25) is 0 Å². The molecule has 2 atom stereocenters. The van der Waals surface area contributed by atoms with Gasteiger partial charge in [-0.2, -0.15) is 0 Å². The Hall–Kier alpha value is -0.920. The predicted octanol–water partition coefficient (Wildman–Crippen LogP) is -0.428. The van der Waals surface area contributed by atoms with Crippen LogP contribution in [-0.4, -0.2) is 41.0 Å². The first-order chi connectivity index (χ1) is 7.45. The van der Waals surface area contributed by atoms with E-state index in [1.807, 2.05) is 0 Å². The van der Waals surface area contributed by atoms with Gasteiger partial charge in [0, 0.05) is 25.0 Å². The minimum absolute atomic E-state index is 0.242. The molecule has 16 heavy (non-hydrogen) atoms. The number of nitrogens with zero attached hydrogens (tertiary/aromatic N) is 2. The highest BCUT2D eigenvalue weighted by molar-refractivity contribution is 7.90. The zero-order chi connectivity index (χ0) is 12.2. The quantitative estimate of drug-likeness (QED) is 0.714. The van der Waals surface area contributed by atoms with E-state index >= 15 is 0 Å². The standard InChI is InChI=1S/C9H17N3O3S/c1-8(5-12-4-3-10-7-12)11-16(14,15)9(2)6-13/h3-4,7-9,11,13H,5-6H2,1-2H3. The lowest BCUT2D eigenvalue weighted by Gasteiger charge is -2.17. The number of aliphatic hydroxyl groups is 1. The Labute approximate surface area is 95.4 Å². The Bertz CT molecular complexity index is 402. The van der Waals surface area contributed by atoms with Crippen LogP contribution in [-0.2, 0) is 16.6 Å². The van der Waals surface area contributed by atoms with Crippen molar-refractivity contribution in [2.45, 2.75) is 31.7 Å². The molecule has 0 saturated heterocycles. The number of rotatable bonds is 6. The van der Waals surface area contributed by atoms with E-state index in [-0.39, 0.29) is 12.6 Å². The lowest BCUT2D eigenvalue weighted by molar-refractivity contribution is 0.294. The first-order valence-electron chi connectivity index (χ1n) is 5.03. The number of hydrogen-bond acceptors (Lipinski definition) is 4. The van der Waals surface area contributed by atoms with E-state index in [0.717, 1.165) is 0 Å². The monoisotopic (exact) mass is 247 g/mol. The molecule has 0 fully saturated rings. The van der Waals surface area contributed by atoms with Gasteiger partial charge < -0.3 is 9.67 Å². The zero-order valence-corrected chi connectivity index (χ0v) is 10.2. The van der Waals surface area contributed by atoms with Gasteiger partial charge in [-0.3, -0.25) is 0 Å². The summed E-state index contributed by atoms with van der Waals surface area (Å²) in [6.07, 6.45) is 5.03. The van der Waals surface area contributed by atoms with Gasteiger partial charge in [0.15, 0.2) is 0 Å². The van der Waals surface area contributed by atoms with Crippen molar-refractivity contribution in [1.82, 2.24) is 14.3 Å². The number of aliphatic hydroxyl groups excluding tert-OH is 1. The number of sulfonamides is 1.